The van der Waals surface area contributed by atoms with E-state index in [-0.39, 0.29) is 0 Å². The fraction of sp³-hybridized carbons (Fsp3) is 0.300. The highest BCUT2D eigenvalue weighted by Gasteiger charge is 2.00. The second kappa shape index (κ2) is 4.12. The van der Waals surface area contributed by atoms with E-state index in [2.05, 4.69) is 34.9 Å². The molecule has 0 bridgehead atoms. The molecule has 4 heteroatoms. The summed E-state index contributed by atoms with van der Waals surface area (Å²) >= 11 is 5.74. The van der Waals surface area contributed by atoms with E-state index in [1.807, 2.05) is 0 Å². The molecule has 14 heavy (non-hydrogen) atoms. The quantitative estimate of drug-likeness (QED) is 0.547. The van der Waals surface area contributed by atoms with Crippen LogP contribution in [0.4, 0.5) is 5.69 Å². The normalized spacial score (nSPS) is 11.7. The van der Waals surface area contributed by atoms with Crippen LogP contribution in [-0.4, -0.2) is 23.8 Å². The van der Waals surface area contributed by atoms with E-state index >= 15 is 0 Å². The third-order valence-corrected chi connectivity index (χ3v) is 2.29. The molecule has 1 heterocycles. The molecule has 0 saturated heterocycles. The van der Waals surface area contributed by atoms with Gasteiger partial charge in [-0.2, -0.15) is 10.0 Å². The van der Waals surface area contributed by atoms with Gasteiger partial charge < -0.3 is 5.73 Å². The number of nitrogens with zero attached hydrogens (tertiary/aromatic N) is 1. The first-order valence-electron chi connectivity index (χ1n) is 4.01. The van der Waals surface area contributed by atoms with Gasteiger partial charge >= 0.3 is 0 Å². The Labute approximate surface area is 91.2 Å². The summed E-state index contributed by atoms with van der Waals surface area (Å²) in [6.45, 7) is 0. The maximum atomic E-state index is 5.74. The largest absolute Gasteiger partial charge is 0.396 e. The summed E-state index contributed by atoms with van der Waals surface area (Å²) in [7, 11) is -0.852. The standard InChI is InChI=1S/C10H13ClN2S/c1-14(2,3)7-6-9-8(12)4-5-10(11)13-9/h4-5H,12H2,1-3H3. The molecular weight excluding hydrogens is 216 g/mol. The molecule has 0 atom stereocenters. The molecular formula is C10H13ClN2S. The first-order chi connectivity index (χ1) is 6.38. The van der Waals surface area contributed by atoms with Gasteiger partial charge in [-0.05, 0) is 42.1 Å². The molecule has 76 valence electrons. The van der Waals surface area contributed by atoms with Crippen molar-refractivity contribution in [1.82, 2.24) is 4.98 Å². The van der Waals surface area contributed by atoms with Crippen LogP contribution in [0.3, 0.4) is 0 Å². The minimum atomic E-state index is -0.852. The Hall–Kier alpha value is -0.850. The molecule has 0 unspecified atom stereocenters. The smallest absolute Gasteiger partial charge is 0.138 e. The Bertz CT molecular complexity index is 399. The topological polar surface area (TPSA) is 38.9 Å². The van der Waals surface area contributed by atoms with Crippen LogP contribution in [0.5, 0.6) is 0 Å². The van der Waals surface area contributed by atoms with Crippen LogP contribution >= 0.6 is 21.6 Å². The van der Waals surface area contributed by atoms with Crippen molar-refractivity contribution in [3.63, 3.8) is 0 Å². The van der Waals surface area contributed by atoms with Crippen LogP contribution in [0.2, 0.25) is 5.15 Å². The SMILES string of the molecule is CS(C)(C)C#Cc1nc(Cl)ccc1N. The van der Waals surface area contributed by atoms with Gasteiger partial charge in [0.15, 0.2) is 0 Å². The maximum Gasteiger partial charge on any atom is 0.138 e. The lowest BCUT2D eigenvalue weighted by atomic mass is 10.3. The Balaban J connectivity index is 3.06. The molecule has 0 radical (unpaired) electrons. The highest BCUT2D eigenvalue weighted by atomic mass is 35.5. The lowest BCUT2D eigenvalue weighted by Gasteiger charge is -2.14. The summed E-state index contributed by atoms with van der Waals surface area (Å²) in [5, 5.41) is 3.56. The predicted octanol–water partition coefficient (Wildman–Crippen LogP) is 2.32. The molecule has 1 aromatic heterocycles. The summed E-state index contributed by atoms with van der Waals surface area (Å²) in [6, 6.07) is 3.38. The number of nitrogens with two attached hydrogens (primary N) is 1. The average Bonchev–Trinajstić information content (AvgIpc) is 2.05. The van der Waals surface area contributed by atoms with E-state index in [4.69, 9.17) is 17.3 Å². The van der Waals surface area contributed by atoms with E-state index in [1.54, 1.807) is 12.1 Å². The lowest BCUT2D eigenvalue weighted by molar-refractivity contribution is 1.29. The molecule has 0 saturated carbocycles. The fourth-order valence-electron chi connectivity index (χ4n) is 0.748. The number of rotatable bonds is 0. The number of hydrogen-bond donors (Lipinski definition) is 1. The van der Waals surface area contributed by atoms with Gasteiger partial charge in [0.25, 0.3) is 0 Å². The zero-order valence-corrected chi connectivity index (χ0v) is 10.0. The number of nitrogen functional groups attached to an aromatic ring is 1. The number of halogens is 1. The molecule has 0 aliphatic carbocycles. The van der Waals surface area contributed by atoms with E-state index < -0.39 is 10.0 Å². The van der Waals surface area contributed by atoms with Crippen molar-refractivity contribution in [1.29, 1.82) is 0 Å². The van der Waals surface area contributed by atoms with Gasteiger partial charge in [0, 0.05) is 0 Å². The van der Waals surface area contributed by atoms with E-state index in [1.165, 1.54) is 0 Å². The van der Waals surface area contributed by atoms with Crippen LogP contribution in [0.15, 0.2) is 12.1 Å². The molecule has 0 aliphatic heterocycles. The van der Waals surface area contributed by atoms with Crippen LogP contribution in [-0.2, 0) is 0 Å². The van der Waals surface area contributed by atoms with E-state index in [0.29, 0.717) is 16.5 Å². The van der Waals surface area contributed by atoms with Gasteiger partial charge in [0.1, 0.15) is 10.8 Å². The zero-order chi connectivity index (χ0) is 10.8. The first kappa shape index (κ1) is 11.2. The van der Waals surface area contributed by atoms with Gasteiger partial charge in [-0.25, -0.2) is 4.98 Å². The molecule has 1 rings (SSSR count). The minimum Gasteiger partial charge on any atom is -0.396 e. The van der Waals surface area contributed by atoms with E-state index in [0.717, 1.165) is 0 Å². The van der Waals surface area contributed by atoms with Gasteiger partial charge in [-0.3, -0.25) is 0 Å². The number of hydrogen-bond acceptors (Lipinski definition) is 2. The average molecular weight is 229 g/mol. The van der Waals surface area contributed by atoms with Crippen molar-refractivity contribution < 1.29 is 0 Å². The molecule has 0 amide bonds. The minimum absolute atomic E-state index is 0.424. The van der Waals surface area contributed by atoms with E-state index in [9.17, 15) is 0 Å². The van der Waals surface area contributed by atoms with Gasteiger partial charge in [0.05, 0.1) is 5.69 Å². The van der Waals surface area contributed by atoms with Gasteiger partial charge in [-0.15, -0.1) is 0 Å². The zero-order valence-electron chi connectivity index (χ0n) is 8.47. The highest BCUT2D eigenvalue weighted by Crippen LogP contribution is 2.32. The van der Waals surface area contributed by atoms with Gasteiger partial charge in [0.2, 0.25) is 0 Å². The van der Waals surface area contributed by atoms with Crippen molar-refractivity contribution in [3.05, 3.63) is 23.0 Å². The summed E-state index contributed by atoms with van der Waals surface area (Å²) in [5.41, 5.74) is 6.85. The Morgan fingerprint density at radius 3 is 2.57 bits per heavy atom. The number of anilines is 1. The second-order valence-electron chi connectivity index (χ2n) is 3.64. The molecule has 1 aromatic rings. The molecule has 0 aromatic carbocycles. The summed E-state index contributed by atoms with van der Waals surface area (Å²) in [6.07, 6.45) is 6.34. The third kappa shape index (κ3) is 3.49. The molecule has 0 aliphatic rings. The lowest BCUT2D eigenvalue weighted by Crippen LogP contribution is -1.94. The van der Waals surface area contributed by atoms with Crippen molar-refractivity contribution in [2.24, 2.45) is 0 Å². The highest BCUT2D eigenvalue weighted by molar-refractivity contribution is 8.35. The molecule has 0 spiro atoms. The van der Waals surface area contributed by atoms with Crippen LogP contribution in [0.1, 0.15) is 5.69 Å². The first-order valence-corrected chi connectivity index (χ1v) is 7.25. The van der Waals surface area contributed by atoms with Crippen LogP contribution in [0.25, 0.3) is 0 Å². The predicted molar refractivity (Wildman–Crippen MR) is 65.9 cm³/mol. The number of aromatic nitrogens is 1. The van der Waals surface area contributed by atoms with Crippen LogP contribution in [0, 0.1) is 11.2 Å². The third-order valence-electron chi connectivity index (χ3n) is 1.37. The Morgan fingerprint density at radius 1 is 1.36 bits per heavy atom. The number of pyridine rings is 1. The fourth-order valence-corrected chi connectivity index (χ4v) is 1.30. The summed E-state index contributed by atoms with van der Waals surface area (Å²) in [4.78, 5) is 4.06. The van der Waals surface area contributed by atoms with Crippen molar-refractivity contribution >= 4 is 27.3 Å². The van der Waals surface area contributed by atoms with Gasteiger partial charge in [-0.1, -0.05) is 11.6 Å². The monoisotopic (exact) mass is 228 g/mol. The maximum absolute atomic E-state index is 5.74. The van der Waals surface area contributed by atoms with Crippen molar-refractivity contribution in [2.75, 3.05) is 24.5 Å². The Morgan fingerprint density at radius 2 is 2.00 bits per heavy atom. The van der Waals surface area contributed by atoms with Crippen molar-refractivity contribution in [2.45, 2.75) is 0 Å². The molecule has 0 fully saturated rings. The summed E-state index contributed by atoms with van der Waals surface area (Å²) < 4.78 is 0. The second-order valence-corrected chi connectivity index (χ2v) is 7.90. The Kier molecular flexibility index (Phi) is 3.30. The summed E-state index contributed by atoms with van der Waals surface area (Å²) in [5.74, 6) is 2.96. The molecule has 2 N–H and O–H groups in total. The molecule has 2 nitrogen and oxygen atoms in total. The van der Waals surface area contributed by atoms with Crippen LogP contribution < -0.4 is 5.73 Å². The van der Waals surface area contributed by atoms with Crippen molar-refractivity contribution in [3.8, 4) is 11.2 Å².